The van der Waals surface area contributed by atoms with Gasteiger partial charge < -0.3 is 20.5 Å². The van der Waals surface area contributed by atoms with E-state index < -0.39 is 5.97 Å². The van der Waals surface area contributed by atoms with Gasteiger partial charge in [-0.15, -0.1) is 0 Å². The summed E-state index contributed by atoms with van der Waals surface area (Å²) in [5.41, 5.74) is 0. The molecule has 2 amide bonds. The molecule has 0 aromatic rings. The lowest BCUT2D eigenvalue weighted by Crippen LogP contribution is -2.46. The van der Waals surface area contributed by atoms with Crippen LogP contribution < -0.4 is 10.6 Å². The monoisotopic (exact) mass is 272 g/mol. The molecule has 1 aliphatic rings. The molecule has 0 radical (unpaired) electrons. The van der Waals surface area contributed by atoms with Gasteiger partial charge in [0.2, 0.25) is 0 Å². The highest BCUT2D eigenvalue weighted by Crippen LogP contribution is 2.18. The fourth-order valence-electron chi connectivity index (χ4n) is 2.23. The number of ether oxygens (including phenoxy) is 1. The summed E-state index contributed by atoms with van der Waals surface area (Å²) < 4.78 is 5.29. The molecule has 0 saturated carbocycles. The molecule has 0 aromatic heterocycles. The molecule has 1 heterocycles. The number of hydrogen-bond acceptors (Lipinski definition) is 3. The molecule has 0 bridgehead atoms. The Hall–Kier alpha value is -1.30. The predicted molar refractivity (Wildman–Crippen MR) is 71.0 cm³/mol. The van der Waals surface area contributed by atoms with Crippen LogP contribution >= 0.6 is 0 Å². The van der Waals surface area contributed by atoms with Gasteiger partial charge in [-0.25, -0.2) is 4.79 Å². The van der Waals surface area contributed by atoms with E-state index in [9.17, 15) is 9.59 Å². The van der Waals surface area contributed by atoms with E-state index in [1.165, 1.54) is 0 Å². The molecule has 19 heavy (non-hydrogen) atoms. The van der Waals surface area contributed by atoms with Crippen LogP contribution in [0.1, 0.15) is 33.1 Å². The molecule has 6 heteroatoms. The summed E-state index contributed by atoms with van der Waals surface area (Å²) in [6.45, 7) is 5.69. The highest BCUT2D eigenvalue weighted by Gasteiger charge is 2.21. The molecule has 0 aromatic carbocycles. The third-order valence-electron chi connectivity index (χ3n) is 3.47. The quantitative estimate of drug-likeness (QED) is 0.678. The minimum Gasteiger partial charge on any atom is -0.481 e. The zero-order valence-electron chi connectivity index (χ0n) is 11.6. The van der Waals surface area contributed by atoms with Crippen molar-refractivity contribution in [1.29, 1.82) is 0 Å². The van der Waals surface area contributed by atoms with Crippen molar-refractivity contribution in [3.63, 3.8) is 0 Å². The smallest absolute Gasteiger partial charge is 0.315 e. The van der Waals surface area contributed by atoms with E-state index in [0.29, 0.717) is 12.5 Å². The molecule has 0 aliphatic carbocycles. The van der Waals surface area contributed by atoms with Crippen molar-refractivity contribution in [2.75, 3.05) is 19.8 Å². The van der Waals surface area contributed by atoms with E-state index in [0.717, 1.165) is 26.1 Å². The third-order valence-corrected chi connectivity index (χ3v) is 3.47. The minimum atomic E-state index is -0.842. The van der Waals surface area contributed by atoms with E-state index >= 15 is 0 Å². The SMILES string of the molecule is CC(CNC(=O)NC(C)C1CCOCC1)CC(=O)O. The number of urea groups is 1. The van der Waals surface area contributed by atoms with Crippen LogP contribution in [-0.4, -0.2) is 42.9 Å². The summed E-state index contributed by atoms with van der Waals surface area (Å²) in [6.07, 6.45) is 2.00. The summed E-state index contributed by atoms with van der Waals surface area (Å²) in [5.74, 6) is -0.456. The molecule has 1 fully saturated rings. The maximum Gasteiger partial charge on any atom is 0.315 e. The largest absolute Gasteiger partial charge is 0.481 e. The summed E-state index contributed by atoms with van der Waals surface area (Å²) in [7, 11) is 0. The first-order valence-electron chi connectivity index (χ1n) is 6.83. The summed E-state index contributed by atoms with van der Waals surface area (Å²) in [5, 5.41) is 14.2. The standard InChI is InChI=1S/C13H24N2O4/c1-9(7-12(16)17)8-14-13(18)15-10(2)11-3-5-19-6-4-11/h9-11H,3-8H2,1-2H3,(H,16,17)(H2,14,15,18). The van der Waals surface area contributed by atoms with Crippen LogP contribution in [0.25, 0.3) is 0 Å². The Balaban J connectivity index is 2.20. The second kappa shape index (κ2) is 7.99. The number of nitrogens with one attached hydrogen (secondary N) is 2. The number of carbonyl (C=O) groups is 2. The van der Waals surface area contributed by atoms with Gasteiger partial charge in [-0.05, 0) is 31.6 Å². The highest BCUT2D eigenvalue weighted by molar-refractivity contribution is 5.74. The maximum absolute atomic E-state index is 11.7. The lowest BCUT2D eigenvalue weighted by molar-refractivity contribution is -0.137. The fourth-order valence-corrected chi connectivity index (χ4v) is 2.23. The van der Waals surface area contributed by atoms with Gasteiger partial charge in [-0.3, -0.25) is 4.79 Å². The van der Waals surface area contributed by atoms with Crippen LogP contribution in [0.4, 0.5) is 4.79 Å². The third kappa shape index (κ3) is 6.42. The van der Waals surface area contributed by atoms with Gasteiger partial charge in [-0.2, -0.15) is 0 Å². The second-order valence-corrected chi connectivity index (χ2v) is 5.30. The van der Waals surface area contributed by atoms with Crippen molar-refractivity contribution < 1.29 is 19.4 Å². The first-order chi connectivity index (χ1) is 8.99. The molecular weight excluding hydrogens is 248 g/mol. The van der Waals surface area contributed by atoms with Crippen LogP contribution in [0.15, 0.2) is 0 Å². The number of rotatable bonds is 6. The zero-order valence-corrected chi connectivity index (χ0v) is 11.6. The molecule has 6 nitrogen and oxygen atoms in total. The topological polar surface area (TPSA) is 87.7 Å². The van der Waals surface area contributed by atoms with Gasteiger partial charge in [0, 0.05) is 32.2 Å². The number of carbonyl (C=O) groups excluding carboxylic acids is 1. The number of carboxylic acid groups (broad SMARTS) is 1. The van der Waals surface area contributed by atoms with Gasteiger partial charge in [0.05, 0.1) is 0 Å². The van der Waals surface area contributed by atoms with E-state index in [1.54, 1.807) is 6.92 Å². The molecule has 2 atom stereocenters. The molecule has 1 rings (SSSR count). The molecule has 1 saturated heterocycles. The van der Waals surface area contributed by atoms with Crippen LogP contribution in [-0.2, 0) is 9.53 Å². The van der Waals surface area contributed by atoms with Crippen LogP contribution in [0, 0.1) is 11.8 Å². The molecule has 3 N–H and O–H groups in total. The Morgan fingerprint density at radius 3 is 2.53 bits per heavy atom. The van der Waals surface area contributed by atoms with Gasteiger partial charge in [0.15, 0.2) is 0 Å². The first-order valence-corrected chi connectivity index (χ1v) is 6.83. The number of amides is 2. The second-order valence-electron chi connectivity index (χ2n) is 5.30. The fraction of sp³-hybridized carbons (Fsp3) is 0.846. The lowest BCUT2D eigenvalue weighted by Gasteiger charge is -2.28. The van der Waals surface area contributed by atoms with E-state index in [2.05, 4.69) is 10.6 Å². The number of carboxylic acids is 1. The Kier molecular flexibility index (Phi) is 6.62. The minimum absolute atomic E-state index is 0.0653. The molecule has 110 valence electrons. The molecule has 2 unspecified atom stereocenters. The van der Waals surface area contributed by atoms with Gasteiger partial charge in [0.1, 0.15) is 0 Å². The van der Waals surface area contributed by atoms with Crippen molar-refractivity contribution in [1.82, 2.24) is 10.6 Å². The van der Waals surface area contributed by atoms with Crippen molar-refractivity contribution in [3.8, 4) is 0 Å². The van der Waals surface area contributed by atoms with Crippen molar-refractivity contribution in [2.24, 2.45) is 11.8 Å². The van der Waals surface area contributed by atoms with Gasteiger partial charge in [0.25, 0.3) is 0 Å². The molecule has 0 spiro atoms. The summed E-state index contributed by atoms with van der Waals surface area (Å²) in [6, 6.07) is -0.116. The normalized spacial score (nSPS) is 19.5. The molecule has 1 aliphatic heterocycles. The Bertz CT molecular complexity index is 303. The first kappa shape index (κ1) is 15.8. The number of aliphatic carboxylic acids is 1. The van der Waals surface area contributed by atoms with Gasteiger partial charge in [-0.1, -0.05) is 6.92 Å². The number of hydrogen-bond donors (Lipinski definition) is 3. The highest BCUT2D eigenvalue weighted by atomic mass is 16.5. The average molecular weight is 272 g/mol. The van der Waals surface area contributed by atoms with Crippen LogP contribution in [0.3, 0.4) is 0 Å². The van der Waals surface area contributed by atoms with Crippen LogP contribution in [0.5, 0.6) is 0 Å². The van der Waals surface area contributed by atoms with E-state index in [4.69, 9.17) is 9.84 Å². The Morgan fingerprint density at radius 1 is 1.32 bits per heavy atom. The van der Waals surface area contributed by atoms with Crippen molar-refractivity contribution in [2.45, 2.75) is 39.2 Å². The Morgan fingerprint density at radius 2 is 1.95 bits per heavy atom. The Labute approximate surface area is 113 Å². The predicted octanol–water partition coefficient (Wildman–Crippen LogP) is 1.21. The van der Waals surface area contributed by atoms with Crippen molar-refractivity contribution >= 4 is 12.0 Å². The average Bonchev–Trinajstić information content (AvgIpc) is 2.36. The molecular formula is C13H24N2O4. The summed E-state index contributed by atoms with van der Waals surface area (Å²) in [4.78, 5) is 22.2. The summed E-state index contributed by atoms with van der Waals surface area (Å²) >= 11 is 0. The van der Waals surface area contributed by atoms with E-state index in [1.807, 2.05) is 6.92 Å². The van der Waals surface area contributed by atoms with Gasteiger partial charge >= 0.3 is 12.0 Å². The van der Waals surface area contributed by atoms with Crippen molar-refractivity contribution in [3.05, 3.63) is 0 Å². The zero-order chi connectivity index (χ0) is 14.3. The lowest BCUT2D eigenvalue weighted by atomic mass is 9.93. The maximum atomic E-state index is 11.7. The van der Waals surface area contributed by atoms with Crippen LogP contribution in [0.2, 0.25) is 0 Å². The van der Waals surface area contributed by atoms with E-state index in [-0.39, 0.29) is 24.4 Å².